The lowest BCUT2D eigenvalue weighted by molar-refractivity contribution is 0.0955. The maximum absolute atomic E-state index is 11.9. The van der Waals surface area contributed by atoms with Crippen LogP contribution in [0.5, 0.6) is 0 Å². The van der Waals surface area contributed by atoms with Crippen molar-refractivity contribution in [3.63, 3.8) is 0 Å². The third-order valence-electron chi connectivity index (χ3n) is 3.39. The van der Waals surface area contributed by atoms with E-state index in [1.54, 1.807) is 30.7 Å². The van der Waals surface area contributed by atoms with E-state index in [0.717, 1.165) is 16.5 Å². The van der Waals surface area contributed by atoms with Gasteiger partial charge in [0, 0.05) is 40.6 Å². The second-order valence-electron chi connectivity index (χ2n) is 4.87. The van der Waals surface area contributed by atoms with Crippen molar-refractivity contribution < 1.29 is 4.79 Å². The van der Waals surface area contributed by atoms with E-state index in [1.807, 2.05) is 35.0 Å². The third kappa shape index (κ3) is 3.11. The summed E-state index contributed by atoms with van der Waals surface area (Å²) in [5, 5.41) is 5.06. The Kier molecular flexibility index (Phi) is 4.16. The quantitative estimate of drug-likeness (QED) is 0.457. The summed E-state index contributed by atoms with van der Waals surface area (Å²) in [6, 6.07) is 11.2. The number of hydrazone groups is 1. The summed E-state index contributed by atoms with van der Waals surface area (Å²) >= 11 is 0. The molecule has 1 aromatic carbocycles. The van der Waals surface area contributed by atoms with E-state index >= 15 is 0 Å². The lowest BCUT2D eigenvalue weighted by Gasteiger charge is -1.98. The largest absolute Gasteiger partial charge is 0.335 e. The number of fused-ring (bicyclic) bond motifs is 1. The highest BCUT2D eigenvalue weighted by Gasteiger charge is 2.06. The summed E-state index contributed by atoms with van der Waals surface area (Å²) in [5.74, 6) is 2.35. The van der Waals surface area contributed by atoms with Gasteiger partial charge in [-0.15, -0.1) is 6.42 Å². The molecule has 0 aliphatic carbocycles. The summed E-state index contributed by atoms with van der Waals surface area (Å²) in [5.41, 5.74) is 4.94. The van der Waals surface area contributed by atoms with Gasteiger partial charge in [0.25, 0.3) is 5.91 Å². The van der Waals surface area contributed by atoms with Crippen molar-refractivity contribution in [3.8, 4) is 12.3 Å². The SMILES string of the molecule is C#CCn1cc(/C=N/NC(=O)c2ccncc2)c2ccccc21. The molecule has 0 saturated carbocycles. The topological polar surface area (TPSA) is 59.3 Å². The number of hydrogen-bond acceptors (Lipinski definition) is 3. The molecule has 0 saturated heterocycles. The van der Waals surface area contributed by atoms with Crippen molar-refractivity contribution in [1.82, 2.24) is 15.0 Å². The highest BCUT2D eigenvalue weighted by atomic mass is 16.2. The van der Waals surface area contributed by atoms with Gasteiger partial charge in [-0.3, -0.25) is 9.78 Å². The first-order valence-electron chi connectivity index (χ1n) is 7.04. The van der Waals surface area contributed by atoms with Crippen LogP contribution in [0.15, 0.2) is 60.1 Å². The molecule has 2 heterocycles. The van der Waals surface area contributed by atoms with Crippen molar-refractivity contribution in [2.24, 2.45) is 5.10 Å². The van der Waals surface area contributed by atoms with Gasteiger partial charge in [0.05, 0.1) is 12.8 Å². The van der Waals surface area contributed by atoms with Crippen LogP contribution < -0.4 is 5.43 Å². The minimum atomic E-state index is -0.281. The number of amides is 1. The maximum Gasteiger partial charge on any atom is 0.271 e. The molecule has 1 N–H and O–H groups in total. The fourth-order valence-electron chi connectivity index (χ4n) is 2.34. The van der Waals surface area contributed by atoms with Gasteiger partial charge in [0.1, 0.15) is 0 Å². The Morgan fingerprint density at radius 2 is 2.09 bits per heavy atom. The Labute approximate surface area is 133 Å². The van der Waals surface area contributed by atoms with Crippen LogP contribution in [-0.4, -0.2) is 21.7 Å². The smallest absolute Gasteiger partial charge is 0.271 e. The van der Waals surface area contributed by atoms with E-state index < -0.39 is 0 Å². The molecule has 0 atom stereocenters. The minimum absolute atomic E-state index is 0.281. The van der Waals surface area contributed by atoms with Crippen LogP contribution in [0.1, 0.15) is 15.9 Å². The average Bonchev–Trinajstić information content (AvgIpc) is 2.94. The number of rotatable bonds is 4. The van der Waals surface area contributed by atoms with Crippen LogP contribution >= 0.6 is 0 Å². The number of nitrogens with one attached hydrogen (secondary N) is 1. The number of para-hydroxylation sites is 1. The number of hydrogen-bond donors (Lipinski definition) is 1. The monoisotopic (exact) mass is 302 g/mol. The maximum atomic E-state index is 11.9. The molecule has 5 heteroatoms. The number of carbonyl (C=O) groups excluding carboxylic acids is 1. The minimum Gasteiger partial charge on any atom is -0.335 e. The predicted octanol–water partition coefficient (Wildman–Crippen LogP) is 2.43. The molecule has 0 aliphatic heterocycles. The average molecular weight is 302 g/mol. The van der Waals surface area contributed by atoms with Crippen LogP contribution in [0, 0.1) is 12.3 Å². The fourth-order valence-corrected chi connectivity index (χ4v) is 2.34. The Hall–Kier alpha value is -3.39. The summed E-state index contributed by atoms with van der Waals surface area (Å²) in [4.78, 5) is 15.8. The predicted molar refractivity (Wildman–Crippen MR) is 90.1 cm³/mol. The zero-order valence-electron chi connectivity index (χ0n) is 12.3. The van der Waals surface area contributed by atoms with Gasteiger partial charge in [-0.1, -0.05) is 24.1 Å². The van der Waals surface area contributed by atoms with Crippen molar-refractivity contribution in [1.29, 1.82) is 0 Å². The first-order chi connectivity index (χ1) is 11.3. The van der Waals surface area contributed by atoms with Crippen molar-refractivity contribution >= 4 is 23.0 Å². The summed E-state index contributed by atoms with van der Waals surface area (Å²) in [6.45, 7) is 0.484. The number of pyridine rings is 1. The van der Waals surface area contributed by atoms with E-state index in [1.165, 1.54) is 0 Å². The van der Waals surface area contributed by atoms with E-state index in [4.69, 9.17) is 6.42 Å². The number of aromatic nitrogens is 2. The lowest BCUT2D eigenvalue weighted by atomic mass is 10.2. The zero-order chi connectivity index (χ0) is 16.1. The molecule has 23 heavy (non-hydrogen) atoms. The molecule has 5 nitrogen and oxygen atoms in total. The second-order valence-corrected chi connectivity index (χ2v) is 4.87. The first-order valence-corrected chi connectivity index (χ1v) is 7.04. The Balaban J connectivity index is 1.82. The Morgan fingerprint density at radius 1 is 1.30 bits per heavy atom. The molecule has 112 valence electrons. The normalized spacial score (nSPS) is 10.7. The second kappa shape index (κ2) is 6.58. The van der Waals surface area contributed by atoms with Gasteiger partial charge < -0.3 is 4.57 Å². The zero-order valence-corrected chi connectivity index (χ0v) is 12.3. The van der Waals surface area contributed by atoms with Gasteiger partial charge in [-0.05, 0) is 18.2 Å². The van der Waals surface area contributed by atoms with Crippen LogP contribution in [-0.2, 0) is 6.54 Å². The molecule has 0 bridgehead atoms. The fraction of sp³-hybridized carbons (Fsp3) is 0.0556. The highest BCUT2D eigenvalue weighted by molar-refractivity contribution is 6.00. The molecule has 0 unspecified atom stereocenters. The number of benzene rings is 1. The lowest BCUT2D eigenvalue weighted by Crippen LogP contribution is -2.17. The van der Waals surface area contributed by atoms with E-state index in [-0.39, 0.29) is 5.91 Å². The van der Waals surface area contributed by atoms with E-state index in [9.17, 15) is 4.79 Å². The number of nitrogens with zero attached hydrogens (tertiary/aromatic N) is 3. The molecule has 0 radical (unpaired) electrons. The van der Waals surface area contributed by atoms with E-state index in [2.05, 4.69) is 21.4 Å². The van der Waals surface area contributed by atoms with Crippen molar-refractivity contribution in [2.45, 2.75) is 6.54 Å². The molecule has 3 rings (SSSR count). The van der Waals surface area contributed by atoms with Gasteiger partial charge in [-0.2, -0.15) is 5.10 Å². The Bertz CT molecular complexity index is 904. The first kappa shape index (κ1) is 14.5. The third-order valence-corrected chi connectivity index (χ3v) is 3.39. The van der Waals surface area contributed by atoms with Crippen molar-refractivity contribution in [3.05, 3.63) is 66.1 Å². The number of carbonyl (C=O) groups is 1. The van der Waals surface area contributed by atoms with Crippen LogP contribution in [0.25, 0.3) is 10.9 Å². The summed E-state index contributed by atoms with van der Waals surface area (Å²) in [7, 11) is 0. The number of terminal acetylenes is 1. The molecule has 2 aromatic heterocycles. The van der Waals surface area contributed by atoms with Crippen LogP contribution in [0.3, 0.4) is 0 Å². The van der Waals surface area contributed by atoms with E-state index in [0.29, 0.717) is 12.1 Å². The molecule has 0 fully saturated rings. The Morgan fingerprint density at radius 3 is 2.87 bits per heavy atom. The molecule has 0 spiro atoms. The van der Waals surface area contributed by atoms with Crippen molar-refractivity contribution in [2.75, 3.05) is 0 Å². The molecule has 0 aliphatic rings. The standard InChI is InChI=1S/C18H14N4O/c1-2-11-22-13-15(16-5-3-4-6-17(16)22)12-20-21-18(23)14-7-9-19-10-8-14/h1,3-10,12-13H,11H2,(H,21,23)/b20-12+. The summed E-state index contributed by atoms with van der Waals surface area (Å²) in [6.07, 6.45) is 12.1. The molecule has 1 amide bonds. The van der Waals surface area contributed by atoms with Gasteiger partial charge in [0.15, 0.2) is 0 Å². The van der Waals surface area contributed by atoms with Gasteiger partial charge in [-0.25, -0.2) is 5.43 Å². The molecule has 3 aromatic rings. The van der Waals surface area contributed by atoms with Crippen LogP contribution in [0.2, 0.25) is 0 Å². The van der Waals surface area contributed by atoms with Gasteiger partial charge in [0.2, 0.25) is 0 Å². The highest BCUT2D eigenvalue weighted by Crippen LogP contribution is 2.19. The van der Waals surface area contributed by atoms with Gasteiger partial charge >= 0.3 is 0 Å². The molecular weight excluding hydrogens is 288 g/mol. The summed E-state index contributed by atoms with van der Waals surface area (Å²) < 4.78 is 1.97. The molecular formula is C18H14N4O. The van der Waals surface area contributed by atoms with Crippen LogP contribution in [0.4, 0.5) is 0 Å².